The van der Waals surface area contributed by atoms with Crippen LogP contribution in [0.1, 0.15) is 5.56 Å². The van der Waals surface area contributed by atoms with Crippen molar-refractivity contribution in [3.63, 3.8) is 0 Å². The van der Waals surface area contributed by atoms with Crippen LogP contribution in [0, 0.1) is 0 Å². The highest BCUT2D eigenvalue weighted by molar-refractivity contribution is 6.02. The normalized spacial score (nSPS) is 12.1. The second kappa shape index (κ2) is 10.7. The summed E-state index contributed by atoms with van der Waals surface area (Å²) < 4.78 is 26.1. The van der Waals surface area contributed by atoms with Gasteiger partial charge in [-0.2, -0.15) is 0 Å². The molecule has 0 spiro atoms. The summed E-state index contributed by atoms with van der Waals surface area (Å²) in [5, 5.41) is 4.57. The quantitative estimate of drug-likeness (QED) is 0.495. The number of urea groups is 1. The van der Waals surface area contributed by atoms with Crippen LogP contribution in [-0.4, -0.2) is 51.9 Å². The zero-order valence-corrected chi connectivity index (χ0v) is 17.5. The number of ether oxygens (including phenoxy) is 5. The first-order valence-electron chi connectivity index (χ1n) is 9.56. The summed E-state index contributed by atoms with van der Waals surface area (Å²) in [5.41, 5.74) is 0.999. The minimum atomic E-state index is -0.791. The number of carbonyl (C=O) groups is 3. The molecule has 1 heterocycles. The Morgan fingerprint density at radius 3 is 2.56 bits per heavy atom. The predicted octanol–water partition coefficient (Wildman–Crippen LogP) is 2.38. The van der Waals surface area contributed by atoms with Crippen molar-refractivity contribution in [1.82, 2.24) is 5.32 Å². The second-order valence-corrected chi connectivity index (χ2v) is 6.38. The molecule has 0 unspecified atom stereocenters. The molecule has 0 bridgehead atoms. The van der Waals surface area contributed by atoms with E-state index in [4.69, 9.17) is 23.7 Å². The van der Waals surface area contributed by atoms with Gasteiger partial charge in [-0.05, 0) is 24.3 Å². The van der Waals surface area contributed by atoms with Gasteiger partial charge in [0, 0.05) is 23.4 Å². The molecule has 3 rings (SSSR count). The first-order valence-corrected chi connectivity index (χ1v) is 9.56. The van der Waals surface area contributed by atoms with E-state index >= 15 is 0 Å². The third-order valence-corrected chi connectivity index (χ3v) is 4.23. The van der Waals surface area contributed by atoms with Gasteiger partial charge in [0.15, 0.2) is 29.6 Å². The molecular formula is C22H22N2O8. The average molecular weight is 442 g/mol. The van der Waals surface area contributed by atoms with Gasteiger partial charge in [-0.15, -0.1) is 0 Å². The van der Waals surface area contributed by atoms with Gasteiger partial charge in [0.25, 0.3) is 5.91 Å². The number of esters is 1. The number of nitrogens with one attached hydrogen (secondary N) is 2. The molecule has 0 fully saturated rings. The lowest BCUT2D eigenvalue weighted by molar-refractivity contribution is -0.143. The number of para-hydroxylation sites is 1. The zero-order chi connectivity index (χ0) is 22.9. The van der Waals surface area contributed by atoms with Gasteiger partial charge < -0.3 is 29.0 Å². The molecule has 3 amide bonds. The van der Waals surface area contributed by atoms with Crippen molar-refractivity contribution in [2.75, 3.05) is 39.4 Å². The molecule has 0 atom stereocenters. The Labute approximate surface area is 184 Å². The fourth-order valence-electron chi connectivity index (χ4n) is 2.83. The van der Waals surface area contributed by atoms with Gasteiger partial charge >= 0.3 is 12.0 Å². The van der Waals surface area contributed by atoms with Gasteiger partial charge in [-0.1, -0.05) is 12.1 Å². The molecule has 0 aromatic heterocycles. The van der Waals surface area contributed by atoms with Crippen LogP contribution in [0.25, 0.3) is 6.08 Å². The summed E-state index contributed by atoms with van der Waals surface area (Å²) in [4.78, 5) is 35.8. The smallest absolute Gasteiger partial charge is 0.331 e. The number of rotatable bonds is 7. The highest BCUT2D eigenvalue weighted by atomic mass is 16.6. The maximum atomic E-state index is 12.0. The Hall–Kier alpha value is -4.21. The maximum Gasteiger partial charge on any atom is 0.331 e. The number of anilines is 1. The van der Waals surface area contributed by atoms with Crippen molar-refractivity contribution in [2.24, 2.45) is 0 Å². The molecule has 32 heavy (non-hydrogen) atoms. The lowest BCUT2D eigenvalue weighted by Crippen LogP contribution is -2.37. The number of carbonyl (C=O) groups excluding carboxylic acids is 3. The maximum absolute atomic E-state index is 12.0. The number of imide groups is 1. The first kappa shape index (κ1) is 22.5. The van der Waals surface area contributed by atoms with Crippen LogP contribution >= 0.6 is 0 Å². The Morgan fingerprint density at radius 2 is 1.81 bits per heavy atom. The predicted molar refractivity (Wildman–Crippen MR) is 114 cm³/mol. The van der Waals surface area contributed by atoms with Crippen LogP contribution in [0.4, 0.5) is 10.5 Å². The third kappa shape index (κ3) is 5.91. The number of hydrogen-bond acceptors (Lipinski definition) is 8. The van der Waals surface area contributed by atoms with Gasteiger partial charge in [0.2, 0.25) is 0 Å². The Balaban J connectivity index is 1.47. The van der Waals surface area contributed by atoms with E-state index in [0.29, 0.717) is 47.5 Å². The van der Waals surface area contributed by atoms with Crippen molar-refractivity contribution < 1.29 is 38.1 Å². The highest BCUT2D eigenvalue weighted by Gasteiger charge is 2.14. The fourth-order valence-corrected chi connectivity index (χ4v) is 2.83. The third-order valence-electron chi connectivity index (χ3n) is 4.23. The van der Waals surface area contributed by atoms with E-state index in [0.717, 1.165) is 6.08 Å². The van der Waals surface area contributed by atoms with E-state index in [1.165, 1.54) is 20.3 Å². The molecular weight excluding hydrogens is 420 g/mol. The van der Waals surface area contributed by atoms with Crippen molar-refractivity contribution >= 4 is 29.7 Å². The van der Waals surface area contributed by atoms with Crippen LogP contribution in [0.3, 0.4) is 0 Å². The van der Waals surface area contributed by atoms with Gasteiger partial charge in [0.1, 0.15) is 13.2 Å². The average Bonchev–Trinajstić information content (AvgIpc) is 2.80. The minimum Gasteiger partial charge on any atom is -0.493 e. The number of methoxy groups -OCH3 is 2. The lowest BCUT2D eigenvalue weighted by atomic mass is 10.1. The van der Waals surface area contributed by atoms with Crippen molar-refractivity contribution in [3.05, 3.63) is 48.0 Å². The Morgan fingerprint density at radius 1 is 1.03 bits per heavy atom. The summed E-state index contributed by atoms with van der Waals surface area (Å²) in [7, 11) is 2.98. The van der Waals surface area contributed by atoms with Crippen LogP contribution < -0.4 is 29.6 Å². The molecule has 1 aliphatic rings. The number of hydrogen-bond donors (Lipinski definition) is 2. The molecule has 0 saturated heterocycles. The van der Waals surface area contributed by atoms with Gasteiger partial charge in [0.05, 0.1) is 14.2 Å². The first-order chi connectivity index (χ1) is 15.5. The second-order valence-electron chi connectivity index (χ2n) is 6.38. The van der Waals surface area contributed by atoms with E-state index in [2.05, 4.69) is 10.6 Å². The van der Waals surface area contributed by atoms with Gasteiger partial charge in [-0.3, -0.25) is 10.1 Å². The summed E-state index contributed by atoms with van der Waals surface area (Å²) >= 11 is 0. The van der Waals surface area contributed by atoms with E-state index in [9.17, 15) is 14.4 Å². The van der Waals surface area contributed by atoms with E-state index in [1.54, 1.807) is 36.4 Å². The number of fused-ring (bicyclic) bond motifs is 1. The summed E-state index contributed by atoms with van der Waals surface area (Å²) in [6.45, 7) is 0.230. The SMILES string of the molecule is COc1cccc(/C=C/C(=O)OCC(=O)NC(=O)Nc2ccc3c(c2)OCCO3)c1OC. The lowest BCUT2D eigenvalue weighted by Gasteiger charge is -2.19. The molecule has 10 heteroatoms. The molecule has 0 saturated carbocycles. The molecule has 2 aromatic rings. The van der Waals surface area contributed by atoms with Crippen molar-refractivity contribution in [1.29, 1.82) is 0 Å². The molecule has 0 aliphatic carbocycles. The fraction of sp³-hybridized carbons (Fsp3) is 0.227. The van der Waals surface area contributed by atoms with Crippen LogP contribution in [0.5, 0.6) is 23.0 Å². The van der Waals surface area contributed by atoms with Crippen molar-refractivity contribution in [3.8, 4) is 23.0 Å². The molecule has 10 nitrogen and oxygen atoms in total. The van der Waals surface area contributed by atoms with Gasteiger partial charge in [-0.25, -0.2) is 9.59 Å². The van der Waals surface area contributed by atoms with E-state index in [1.807, 2.05) is 0 Å². The van der Waals surface area contributed by atoms with Crippen molar-refractivity contribution in [2.45, 2.75) is 0 Å². The minimum absolute atomic E-state index is 0.408. The van der Waals surface area contributed by atoms with Crippen LogP contribution in [-0.2, 0) is 14.3 Å². The molecule has 2 N–H and O–H groups in total. The molecule has 1 aliphatic heterocycles. The van der Waals surface area contributed by atoms with E-state index < -0.39 is 24.5 Å². The highest BCUT2D eigenvalue weighted by Crippen LogP contribution is 2.33. The Kier molecular flexibility index (Phi) is 7.52. The molecule has 0 radical (unpaired) electrons. The number of benzene rings is 2. The van der Waals surface area contributed by atoms with Crippen LogP contribution in [0.2, 0.25) is 0 Å². The molecule has 168 valence electrons. The topological polar surface area (TPSA) is 121 Å². The Bertz CT molecular complexity index is 1030. The number of amides is 3. The summed E-state index contributed by atoms with van der Waals surface area (Å²) in [6, 6.07) is 9.23. The zero-order valence-electron chi connectivity index (χ0n) is 17.5. The largest absolute Gasteiger partial charge is 0.493 e. The summed E-state index contributed by atoms with van der Waals surface area (Å²) in [6.07, 6.45) is 2.61. The standard InChI is InChI=1S/C22H22N2O8/c1-28-17-5-3-4-14(21(17)29-2)6-9-20(26)32-13-19(25)24-22(27)23-15-7-8-16-18(12-15)31-11-10-30-16/h3-9,12H,10-11,13H2,1-2H3,(H2,23,24,25,27)/b9-6+. The monoisotopic (exact) mass is 442 g/mol. The van der Waals surface area contributed by atoms with Crippen LogP contribution in [0.15, 0.2) is 42.5 Å². The summed E-state index contributed by atoms with van der Waals surface area (Å²) in [5.74, 6) is 0.468. The molecule has 2 aromatic carbocycles. The van der Waals surface area contributed by atoms with E-state index in [-0.39, 0.29) is 0 Å².